The first-order chi connectivity index (χ1) is 32.5. The fraction of sp³-hybridized carbons (Fsp3) is 0.315. The van der Waals surface area contributed by atoms with Crippen LogP contribution in [-0.4, -0.2) is 90.8 Å². The topological polar surface area (TPSA) is 141 Å². The molecule has 0 radical (unpaired) electrons. The molecule has 6 aromatic rings. The highest BCUT2D eigenvalue weighted by Gasteiger charge is 2.54. The van der Waals surface area contributed by atoms with Crippen LogP contribution >= 0.6 is 0 Å². The van der Waals surface area contributed by atoms with Gasteiger partial charge in [0.05, 0.1) is 51.8 Å². The first kappa shape index (κ1) is 46.9. The average Bonchev–Trinajstić information content (AvgIpc) is 3.36. The minimum Gasteiger partial charge on any atom is -0.453 e. The Morgan fingerprint density at radius 3 is 1.29 bits per heavy atom. The third-order valence-corrected chi connectivity index (χ3v) is 11.4. The van der Waals surface area contributed by atoms with Gasteiger partial charge in [0.1, 0.15) is 42.7 Å². The molecule has 0 amide bonds. The van der Waals surface area contributed by atoms with Gasteiger partial charge in [-0.3, -0.25) is 0 Å². The number of hydrogen-bond donors (Lipinski definition) is 2. The number of rotatable bonds is 21. The van der Waals surface area contributed by atoms with Crippen LogP contribution in [0.3, 0.4) is 0 Å². The van der Waals surface area contributed by atoms with E-state index >= 15 is 0 Å². The van der Waals surface area contributed by atoms with Crippen molar-refractivity contribution in [1.82, 2.24) is 0 Å². The molecule has 8 rings (SSSR count). The van der Waals surface area contributed by atoms with Gasteiger partial charge < -0.3 is 52.8 Å². The molecule has 2 aliphatic heterocycles. The average molecular weight is 897 g/mol. The summed E-state index contributed by atoms with van der Waals surface area (Å²) in [6.45, 7) is 0.663. The van der Waals surface area contributed by atoms with Crippen LogP contribution < -0.4 is 0 Å². The van der Waals surface area contributed by atoms with Gasteiger partial charge in [0.25, 0.3) is 0 Å². The molecule has 2 aliphatic rings. The second-order valence-corrected chi connectivity index (χ2v) is 16.2. The van der Waals surface area contributed by atoms with Gasteiger partial charge in [0, 0.05) is 0 Å². The summed E-state index contributed by atoms with van der Waals surface area (Å²) in [6.07, 6.45) is -11.9. The maximum Gasteiger partial charge on any atom is 0.338 e. The summed E-state index contributed by atoms with van der Waals surface area (Å²) in [5.74, 6) is -0.674. The summed E-state index contributed by atoms with van der Waals surface area (Å²) in [5, 5.41) is 24.0. The second-order valence-electron chi connectivity index (χ2n) is 16.2. The highest BCUT2D eigenvalue weighted by atomic mass is 16.7. The molecule has 0 aliphatic carbocycles. The SMILES string of the molecule is O=C(O[C@H]1[C@@H](O)[C@@H](COCc2ccccc2)O[C@@H](O[C@H]2[C@H](OCc3ccccc3)[C@@H](OCc3ccccc3)[C@H](O)O[C@@H]2COCc2ccccc2)[C@@H]1OCc1ccccc1)c1ccccc1. The summed E-state index contributed by atoms with van der Waals surface area (Å²) in [4.78, 5) is 13.9. The van der Waals surface area contributed by atoms with Crippen LogP contribution in [0.2, 0.25) is 0 Å². The molecule has 2 fully saturated rings. The third-order valence-electron chi connectivity index (χ3n) is 11.4. The normalized spacial score (nSPS) is 25.2. The van der Waals surface area contributed by atoms with E-state index < -0.39 is 67.4 Å². The molecule has 0 bridgehead atoms. The maximum absolute atomic E-state index is 13.9. The summed E-state index contributed by atoms with van der Waals surface area (Å²) in [5.41, 5.74) is 4.71. The number of aliphatic hydroxyl groups excluding tert-OH is 2. The molecule has 0 saturated carbocycles. The molecule has 0 spiro atoms. The maximum atomic E-state index is 13.9. The largest absolute Gasteiger partial charge is 0.453 e. The molecular weight excluding hydrogens is 841 g/mol. The minimum atomic E-state index is -1.46. The van der Waals surface area contributed by atoms with E-state index in [1.807, 2.05) is 152 Å². The van der Waals surface area contributed by atoms with Gasteiger partial charge >= 0.3 is 5.97 Å². The van der Waals surface area contributed by atoms with Crippen molar-refractivity contribution in [3.05, 3.63) is 215 Å². The van der Waals surface area contributed by atoms with E-state index in [0.717, 1.165) is 27.8 Å². The number of hydrogen-bond acceptors (Lipinski definition) is 12. The zero-order chi connectivity index (χ0) is 45.3. The van der Waals surface area contributed by atoms with E-state index in [-0.39, 0.29) is 51.8 Å². The Bertz CT molecular complexity index is 2290. The minimum absolute atomic E-state index is 0.0336. The predicted octanol–water partition coefficient (Wildman–Crippen LogP) is 7.59. The lowest BCUT2D eigenvalue weighted by molar-refractivity contribution is -0.368. The summed E-state index contributed by atoms with van der Waals surface area (Å²) in [7, 11) is 0. The van der Waals surface area contributed by atoms with Crippen molar-refractivity contribution in [1.29, 1.82) is 0 Å². The van der Waals surface area contributed by atoms with Crippen molar-refractivity contribution in [3.8, 4) is 0 Å². The summed E-state index contributed by atoms with van der Waals surface area (Å²) >= 11 is 0. The van der Waals surface area contributed by atoms with E-state index in [1.165, 1.54) is 0 Å². The Labute approximate surface area is 385 Å². The van der Waals surface area contributed by atoms with Crippen LogP contribution in [0.5, 0.6) is 0 Å². The predicted molar refractivity (Wildman–Crippen MR) is 243 cm³/mol. The Kier molecular flexibility index (Phi) is 17.2. The molecule has 66 heavy (non-hydrogen) atoms. The first-order valence-electron chi connectivity index (χ1n) is 22.3. The molecular formula is C54H56O12. The van der Waals surface area contributed by atoms with Gasteiger partial charge in [-0.15, -0.1) is 0 Å². The van der Waals surface area contributed by atoms with Gasteiger partial charge in [-0.2, -0.15) is 0 Å². The quantitative estimate of drug-likeness (QED) is 0.0689. The third kappa shape index (κ3) is 13.1. The number of carbonyl (C=O) groups excluding carboxylic acids is 1. The monoisotopic (exact) mass is 896 g/mol. The lowest BCUT2D eigenvalue weighted by atomic mass is 9.96. The fourth-order valence-electron chi connectivity index (χ4n) is 7.96. The van der Waals surface area contributed by atoms with E-state index in [4.69, 9.17) is 42.6 Å². The molecule has 0 unspecified atom stereocenters. The van der Waals surface area contributed by atoms with Gasteiger partial charge in [-0.25, -0.2) is 4.79 Å². The van der Waals surface area contributed by atoms with Crippen molar-refractivity contribution in [2.45, 2.75) is 94.4 Å². The number of ether oxygens (including phenoxy) is 9. The van der Waals surface area contributed by atoms with Crippen LogP contribution in [0, 0.1) is 0 Å². The van der Waals surface area contributed by atoms with Crippen LogP contribution in [-0.2, 0) is 75.7 Å². The van der Waals surface area contributed by atoms with Crippen LogP contribution in [0.1, 0.15) is 38.2 Å². The Morgan fingerprint density at radius 2 is 0.818 bits per heavy atom. The smallest absolute Gasteiger partial charge is 0.338 e. The molecule has 2 N–H and O–H groups in total. The van der Waals surface area contributed by atoms with E-state index in [9.17, 15) is 15.0 Å². The van der Waals surface area contributed by atoms with Gasteiger partial charge in [0.2, 0.25) is 0 Å². The molecule has 10 atom stereocenters. The van der Waals surface area contributed by atoms with Crippen molar-refractivity contribution < 1.29 is 57.6 Å². The molecule has 344 valence electrons. The van der Waals surface area contributed by atoms with Crippen molar-refractivity contribution in [3.63, 3.8) is 0 Å². The lowest BCUT2D eigenvalue weighted by Gasteiger charge is -2.48. The molecule has 6 aromatic carbocycles. The fourth-order valence-corrected chi connectivity index (χ4v) is 7.96. The zero-order valence-electron chi connectivity index (χ0n) is 36.5. The molecule has 12 heteroatoms. The molecule has 2 heterocycles. The van der Waals surface area contributed by atoms with E-state index in [0.29, 0.717) is 0 Å². The van der Waals surface area contributed by atoms with Crippen molar-refractivity contribution in [2.24, 2.45) is 0 Å². The van der Waals surface area contributed by atoms with Crippen molar-refractivity contribution in [2.75, 3.05) is 13.2 Å². The van der Waals surface area contributed by atoms with E-state index in [1.54, 1.807) is 30.3 Å². The second kappa shape index (κ2) is 24.2. The number of carbonyl (C=O) groups is 1. The standard InChI is InChI=1S/C54H56O12/c55-46-44(36-58-31-38-19-7-1-8-20-38)64-54(51(62-35-42-27-15-5-16-28-42)48(46)65-52(56)43-29-17-6-18-30-43)66-47-45(37-59-32-39-21-9-2-10-22-39)63-53(57)50(61-34-41-25-13-4-14-26-41)49(47)60-33-40-23-11-3-12-24-40/h1-30,44-51,53-55,57H,31-37H2/t44-,45-,46+,47-,48+,49+,50-,51-,53-,54+/m1/s1. The Balaban J connectivity index is 1.15. The van der Waals surface area contributed by atoms with E-state index in [2.05, 4.69) is 0 Å². The van der Waals surface area contributed by atoms with Crippen LogP contribution in [0.25, 0.3) is 0 Å². The first-order valence-corrected chi connectivity index (χ1v) is 22.3. The van der Waals surface area contributed by atoms with Crippen LogP contribution in [0.4, 0.5) is 0 Å². The Hall–Kier alpha value is -5.61. The molecule has 2 saturated heterocycles. The number of aliphatic hydroxyl groups is 2. The highest BCUT2D eigenvalue weighted by molar-refractivity contribution is 5.89. The Morgan fingerprint density at radius 1 is 0.424 bits per heavy atom. The van der Waals surface area contributed by atoms with Gasteiger partial charge in [0.15, 0.2) is 18.7 Å². The van der Waals surface area contributed by atoms with Crippen LogP contribution in [0.15, 0.2) is 182 Å². The molecule has 0 aromatic heterocycles. The zero-order valence-corrected chi connectivity index (χ0v) is 36.5. The lowest BCUT2D eigenvalue weighted by Crippen LogP contribution is -2.66. The number of esters is 1. The molecule has 12 nitrogen and oxygen atoms in total. The van der Waals surface area contributed by atoms with Gasteiger partial charge in [-0.05, 0) is 39.9 Å². The summed E-state index contributed by atoms with van der Waals surface area (Å²) in [6, 6.07) is 56.6. The van der Waals surface area contributed by atoms with Crippen molar-refractivity contribution >= 4 is 5.97 Å². The summed E-state index contributed by atoms with van der Waals surface area (Å²) < 4.78 is 58.8. The van der Waals surface area contributed by atoms with Gasteiger partial charge in [-0.1, -0.05) is 170 Å². The number of benzene rings is 6. The highest BCUT2D eigenvalue weighted by Crippen LogP contribution is 2.35.